The molecular formula is C17H28N2O5. The van der Waals surface area contributed by atoms with Crippen LogP contribution in [0.25, 0.3) is 0 Å². The molecule has 0 heterocycles. The van der Waals surface area contributed by atoms with Gasteiger partial charge in [0.15, 0.2) is 0 Å². The van der Waals surface area contributed by atoms with Gasteiger partial charge in [0.1, 0.15) is 30.8 Å². The first-order valence-electron chi connectivity index (χ1n) is 8.09. The lowest BCUT2D eigenvalue weighted by Crippen LogP contribution is -2.32. The number of aliphatic hydroxyl groups excluding tert-OH is 1. The molecule has 7 nitrogen and oxygen atoms in total. The summed E-state index contributed by atoms with van der Waals surface area (Å²) >= 11 is 0. The number of carbonyl (C=O) groups excluding carboxylic acids is 1. The molecule has 0 saturated carbocycles. The third-order valence-electron chi connectivity index (χ3n) is 3.24. The monoisotopic (exact) mass is 340 g/mol. The maximum atomic E-state index is 11.0. The van der Waals surface area contributed by atoms with E-state index in [4.69, 9.17) is 14.2 Å². The van der Waals surface area contributed by atoms with Crippen LogP contribution in [0.1, 0.15) is 12.8 Å². The van der Waals surface area contributed by atoms with Crippen molar-refractivity contribution in [2.75, 3.05) is 47.1 Å². The number of hydrogen-bond acceptors (Lipinski definition) is 6. The Morgan fingerprint density at radius 1 is 1.17 bits per heavy atom. The maximum Gasteiger partial charge on any atom is 0.219 e. The highest BCUT2D eigenvalue weighted by Crippen LogP contribution is 2.17. The van der Waals surface area contributed by atoms with Crippen molar-refractivity contribution in [3.63, 3.8) is 0 Å². The highest BCUT2D eigenvalue weighted by molar-refractivity contribution is 5.75. The lowest BCUT2D eigenvalue weighted by molar-refractivity contribution is -0.120. The molecule has 1 atom stereocenters. The van der Waals surface area contributed by atoms with Crippen LogP contribution in [0.2, 0.25) is 0 Å². The summed E-state index contributed by atoms with van der Waals surface area (Å²) in [6.07, 6.45) is 0.606. The van der Waals surface area contributed by atoms with Gasteiger partial charge in [0.2, 0.25) is 5.91 Å². The molecule has 0 spiro atoms. The molecule has 0 saturated heterocycles. The van der Waals surface area contributed by atoms with Crippen molar-refractivity contribution < 1.29 is 24.1 Å². The largest absolute Gasteiger partial charge is 0.491 e. The smallest absolute Gasteiger partial charge is 0.219 e. The molecule has 0 aliphatic carbocycles. The average Bonchev–Trinajstić information content (AvgIpc) is 2.60. The number of amides is 1. The minimum absolute atomic E-state index is 0.0235. The van der Waals surface area contributed by atoms with Crippen LogP contribution in [0.5, 0.6) is 11.5 Å². The molecule has 1 amide bonds. The normalized spacial score (nSPS) is 11.8. The molecule has 1 rings (SSSR count). The molecule has 0 aromatic heterocycles. The molecule has 1 unspecified atom stereocenters. The zero-order valence-corrected chi connectivity index (χ0v) is 14.4. The van der Waals surface area contributed by atoms with Crippen LogP contribution in [0, 0.1) is 0 Å². The maximum absolute atomic E-state index is 11.0. The Balaban J connectivity index is 2.13. The first kappa shape index (κ1) is 20.2. The molecule has 0 aliphatic heterocycles. The van der Waals surface area contributed by atoms with E-state index in [0.717, 1.165) is 12.2 Å². The molecule has 24 heavy (non-hydrogen) atoms. The van der Waals surface area contributed by atoms with Crippen molar-refractivity contribution in [2.24, 2.45) is 0 Å². The van der Waals surface area contributed by atoms with Gasteiger partial charge < -0.3 is 30.0 Å². The molecule has 0 bridgehead atoms. The van der Waals surface area contributed by atoms with Gasteiger partial charge in [-0.05, 0) is 37.2 Å². The molecule has 3 N–H and O–H groups in total. The lowest BCUT2D eigenvalue weighted by Gasteiger charge is -2.13. The molecule has 136 valence electrons. The fourth-order valence-electron chi connectivity index (χ4n) is 1.89. The SMILES string of the molecule is CNC(=O)CCCNCC(O)COc1ccc(OCCOC)cc1. The van der Waals surface area contributed by atoms with Crippen LogP contribution in [-0.2, 0) is 9.53 Å². The minimum atomic E-state index is -0.609. The standard InChI is InChI=1S/C17H28N2O5/c1-18-17(21)4-3-9-19-12-14(20)13-24-16-7-5-15(6-8-16)23-11-10-22-2/h5-8,14,19-20H,3-4,9-13H2,1-2H3,(H,18,21). The zero-order valence-electron chi connectivity index (χ0n) is 14.4. The van der Waals surface area contributed by atoms with Crippen molar-refractivity contribution in [1.29, 1.82) is 0 Å². The predicted octanol–water partition coefficient (Wildman–Crippen LogP) is 0.567. The quantitative estimate of drug-likeness (QED) is 0.455. The van der Waals surface area contributed by atoms with Crippen LogP contribution < -0.4 is 20.1 Å². The Kier molecular flexibility index (Phi) is 10.6. The summed E-state index contributed by atoms with van der Waals surface area (Å²) in [6.45, 7) is 2.35. The van der Waals surface area contributed by atoms with Gasteiger partial charge >= 0.3 is 0 Å². The van der Waals surface area contributed by atoms with E-state index in [2.05, 4.69) is 10.6 Å². The van der Waals surface area contributed by atoms with E-state index in [1.54, 1.807) is 26.3 Å². The average molecular weight is 340 g/mol. The van der Waals surface area contributed by atoms with Crippen molar-refractivity contribution in [3.05, 3.63) is 24.3 Å². The van der Waals surface area contributed by atoms with Crippen molar-refractivity contribution in [2.45, 2.75) is 18.9 Å². The predicted molar refractivity (Wildman–Crippen MR) is 91.5 cm³/mol. The van der Waals surface area contributed by atoms with Gasteiger partial charge in [-0.15, -0.1) is 0 Å². The van der Waals surface area contributed by atoms with Crippen LogP contribution >= 0.6 is 0 Å². The summed E-state index contributed by atoms with van der Waals surface area (Å²) in [7, 11) is 3.25. The van der Waals surface area contributed by atoms with E-state index in [-0.39, 0.29) is 12.5 Å². The summed E-state index contributed by atoms with van der Waals surface area (Å²) in [6, 6.07) is 7.22. The summed E-state index contributed by atoms with van der Waals surface area (Å²) in [4.78, 5) is 11.0. The zero-order chi connectivity index (χ0) is 17.6. The van der Waals surface area contributed by atoms with Gasteiger partial charge in [-0.1, -0.05) is 0 Å². The second kappa shape index (κ2) is 12.6. The van der Waals surface area contributed by atoms with Crippen LogP contribution in [-0.4, -0.2) is 64.2 Å². The van der Waals surface area contributed by atoms with Crippen molar-refractivity contribution >= 4 is 5.91 Å². The van der Waals surface area contributed by atoms with E-state index in [1.807, 2.05) is 12.1 Å². The Morgan fingerprint density at radius 2 is 1.83 bits per heavy atom. The second-order valence-corrected chi connectivity index (χ2v) is 5.26. The van der Waals surface area contributed by atoms with Gasteiger partial charge in [-0.2, -0.15) is 0 Å². The van der Waals surface area contributed by atoms with Gasteiger partial charge in [0.05, 0.1) is 6.61 Å². The fourth-order valence-corrected chi connectivity index (χ4v) is 1.89. The number of ether oxygens (including phenoxy) is 3. The number of methoxy groups -OCH3 is 1. The molecule has 1 aromatic rings. The Morgan fingerprint density at radius 3 is 2.46 bits per heavy atom. The first-order chi connectivity index (χ1) is 11.7. The number of nitrogens with one attached hydrogen (secondary N) is 2. The lowest BCUT2D eigenvalue weighted by atomic mass is 10.3. The topological polar surface area (TPSA) is 89.1 Å². The van der Waals surface area contributed by atoms with Gasteiger partial charge in [0.25, 0.3) is 0 Å². The van der Waals surface area contributed by atoms with Crippen LogP contribution in [0.4, 0.5) is 0 Å². The molecular weight excluding hydrogens is 312 g/mol. The van der Waals surface area contributed by atoms with Crippen molar-refractivity contribution in [1.82, 2.24) is 10.6 Å². The van der Waals surface area contributed by atoms with Crippen LogP contribution in [0.3, 0.4) is 0 Å². The van der Waals surface area contributed by atoms with E-state index in [9.17, 15) is 9.90 Å². The number of hydrogen-bond donors (Lipinski definition) is 3. The van der Waals surface area contributed by atoms with E-state index in [1.165, 1.54) is 0 Å². The Hall–Kier alpha value is -1.83. The first-order valence-corrected chi connectivity index (χ1v) is 8.09. The molecule has 0 fully saturated rings. The van der Waals surface area contributed by atoms with E-state index in [0.29, 0.717) is 38.5 Å². The second-order valence-electron chi connectivity index (χ2n) is 5.26. The third kappa shape index (κ3) is 9.34. The van der Waals surface area contributed by atoms with Crippen LogP contribution in [0.15, 0.2) is 24.3 Å². The Labute approximate surface area is 143 Å². The fraction of sp³-hybridized carbons (Fsp3) is 0.588. The Bertz CT molecular complexity index is 453. The molecule has 0 aliphatic rings. The molecule has 7 heteroatoms. The minimum Gasteiger partial charge on any atom is -0.491 e. The molecule has 1 aromatic carbocycles. The van der Waals surface area contributed by atoms with Crippen molar-refractivity contribution in [3.8, 4) is 11.5 Å². The van der Waals surface area contributed by atoms with E-state index >= 15 is 0 Å². The molecule has 0 radical (unpaired) electrons. The number of aliphatic hydroxyl groups is 1. The van der Waals surface area contributed by atoms with E-state index < -0.39 is 6.10 Å². The van der Waals surface area contributed by atoms with Gasteiger partial charge in [0, 0.05) is 27.1 Å². The number of benzene rings is 1. The summed E-state index contributed by atoms with van der Waals surface area (Å²) in [5, 5.41) is 15.5. The number of carbonyl (C=O) groups is 1. The summed E-state index contributed by atoms with van der Waals surface area (Å²) < 4.78 is 15.9. The highest BCUT2D eigenvalue weighted by atomic mass is 16.5. The highest BCUT2D eigenvalue weighted by Gasteiger charge is 2.05. The summed E-state index contributed by atoms with van der Waals surface area (Å²) in [5.74, 6) is 1.45. The summed E-state index contributed by atoms with van der Waals surface area (Å²) in [5.41, 5.74) is 0. The third-order valence-corrected chi connectivity index (χ3v) is 3.24. The van der Waals surface area contributed by atoms with Gasteiger partial charge in [-0.25, -0.2) is 0 Å². The van der Waals surface area contributed by atoms with Gasteiger partial charge in [-0.3, -0.25) is 4.79 Å². The number of rotatable bonds is 13.